The van der Waals surface area contributed by atoms with Crippen molar-refractivity contribution in [3.63, 3.8) is 0 Å². The fourth-order valence-electron chi connectivity index (χ4n) is 2.51. The van der Waals surface area contributed by atoms with Crippen molar-refractivity contribution in [2.75, 3.05) is 5.32 Å². The Morgan fingerprint density at radius 2 is 2.12 bits per heavy atom. The molecule has 0 radical (unpaired) electrons. The Bertz CT molecular complexity index is 1010. The summed E-state index contributed by atoms with van der Waals surface area (Å²) < 4.78 is 1.66. The number of fused-ring (bicyclic) bond motifs is 1. The highest BCUT2D eigenvalue weighted by atomic mass is 16.6. The maximum absolute atomic E-state index is 12.1. The van der Waals surface area contributed by atoms with Crippen molar-refractivity contribution in [1.82, 2.24) is 15.0 Å². The molecule has 126 valence electrons. The molecule has 25 heavy (non-hydrogen) atoms. The second-order valence-corrected chi connectivity index (χ2v) is 5.51. The van der Waals surface area contributed by atoms with Crippen LogP contribution in [0.1, 0.15) is 11.1 Å². The summed E-state index contributed by atoms with van der Waals surface area (Å²) in [6.45, 7) is 1.62. The van der Waals surface area contributed by atoms with E-state index in [4.69, 9.17) is 0 Å². The third-order valence-electron chi connectivity index (χ3n) is 3.74. The zero-order chi connectivity index (χ0) is 18.0. The number of nitro groups is 1. The van der Waals surface area contributed by atoms with Gasteiger partial charge in [-0.2, -0.15) is 0 Å². The quantitative estimate of drug-likeness (QED) is 0.448. The van der Waals surface area contributed by atoms with Gasteiger partial charge in [-0.25, -0.2) is 4.68 Å². The minimum atomic E-state index is -0.503. The Morgan fingerprint density at radius 3 is 2.88 bits per heavy atom. The molecule has 8 heteroatoms. The summed E-state index contributed by atoms with van der Waals surface area (Å²) in [5, 5.41) is 21.6. The maximum Gasteiger partial charge on any atom is 0.295 e. The van der Waals surface area contributed by atoms with Crippen molar-refractivity contribution in [2.24, 2.45) is 7.05 Å². The molecule has 0 saturated heterocycles. The number of carbonyl (C=O) groups excluding carboxylic acids is 1. The number of anilines is 1. The molecule has 0 unspecified atom stereocenters. The van der Waals surface area contributed by atoms with E-state index in [0.29, 0.717) is 5.56 Å². The molecule has 3 aromatic rings. The van der Waals surface area contributed by atoms with Crippen molar-refractivity contribution < 1.29 is 9.72 Å². The summed E-state index contributed by atoms with van der Waals surface area (Å²) in [6, 6.07) is 10.3. The highest BCUT2D eigenvalue weighted by molar-refractivity contribution is 6.03. The van der Waals surface area contributed by atoms with Gasteiger partial charge < -0.3 is 5.32 Å². The van der Waals surface area contributed by atoms with Crippen LogP contribution >= 0.6 is 0 Å². The van der Waals surface area contributed by atoms with Gasteiger partial charge in [-0.3, -0.25) is 14.9 Å². The van der Waals surface area contributed by atoms with Crippen molar-refractivity contribution in [3.05, 3.63) is 63.7 Å². The van der Waals surface area contributed by atoms with Gasteiger partial charge >= 0.3 is 0 Å². The molecule has 0 aliphatic carbocycles. The Kier molecular flexibility index (Phi) is 4.25. The van der Waals surface area contributed by atoms with Crippen molar-refractivity contribution in [3.8, 4) is 0 Å². The SMILES string of the molecule is Cc1cccc(NC(=O)C=Cc2ccc3c(c2)nnn3C)c1[N+](=O)[O-]. The number of benzene rings is 2. The summed E-state index contributed by atoms with van der Waals surface area (Å²) in [5.74, 6) is -0.451. The third-order valence-corrected chi connectivity index (χ3v) is 3.74. The largest absolute Gasteiger partial charge is 0.317 e. The summed E-state index contributed by atoms with van der Waals surface area (Å²) >= 11 is 0. The van der Waals surface area contributed by atoms with Crippen LogP contribution in [-0.2, 0) is 11.8 Å². The molecule has 0 saturated carbocycles. The highest BCUT2D eigenvalue weighted by Gasteiger charge is 2.17. The van der Waals surface area contributed by atoms with Gasteiger partial charge in [-0.05, 0) is 36.8 Å². The number of nitrogens with zero attached hydrogens (tertiary/aromatic N) is 4. The average molecular weight is 337 g/mol. The molecule has 0 bridgehead atoms. The van der Waals surface area contributed by atoms with Crippen LogP contribution in [0.2, 0.25) is 0 Å². The van der Waals surface area contributed by atoms with E-state index < -0.39 is 10.8 Å². The van der Waals surface area contributed by atoms with E-state index in [-0.39, 0.29) is 11.4 Å². The molecule has 1 heterocycles. The predicted molar refractivity (Wildman–Crippen MR) is 94.0 cm³/mol. The van der Waals surface area contributed by atoms with Crippen molar-refractivity contribution >= 4 is 34.4 Å². The van der Waals surface area contributed by atoms with E-state index in [2.05, 4.69) is 15.6 Å². The molecule has 1 N–H and O–H groups in total. The standard InChI is InChI=1S/C17H15N5O3/c1-11-4-3-5-13(17(11)22(24)25)18-16(23)9-7-12-6-8-15-14(10-12)19-20-21(15)2/h3-10H,1-2H3,(H,18,23). The normalized spacial score (nSPS) is 11.1. The Morgan fingerprint density at radius 1 is 1.32 bits per heavy atom. The minimum Gasteiger partial charge on any atom is -0.317 e. The first kappa shape index (κ1) is 16.3. The van der Waals surface area contributed by atoms with Crippen molar-refractivity contribution in [1.29, 1.82) is 0 Å². The van der Waals surface area contributed by atoms with E-state index in [9.17, 15) is 14.9 Å². The smallest absolute Gasteiger partial charge is 0.295 e. The van der Waals surface area contributed by atoms with Gasteiger partial charge in [0.05, 0.1) is 10.4 Å². The molecule has 8 nitrogen and oxygen atoms in total. The first-order valence-electron chi connectivity index (χ1n) is 7.48. The van der Waals surface area contributed by atoms with Gasteiger partial charge in [0.15, 0.2) is 0 Å². The summed E-state index contributed by atoms with van der Waals surface area (Å²) in [6.07, 6.45) is 2.94. The van der Waals surface area contributed by atoms with E-state index in [1.807, 2.05) is 12.1 Å². The van der Waals surface area contributed by atoms with Gasteiger partial charge in [0.1, 0.15) is 11.2 Å². The summed E-state index contributed by atoms with van der Waals surface area (Å²) in [7, 11) is 1.80. The van der Waals surface area contributed by atoms with E-state index in [0.717, 1.165) is 16.6 Å². The Labute approximate surface area is 142 Å². The van der Waals surface area contributed by atoms with Gasteiger partial charge in [0.25, 0.3) is 5.69 Å². The van der Waals surface area contributed by atoms with Crippen LogP contribution in [0.5, 0.6) is 0 Å². The first-order valence-corrected chi connectivity index (χ1v) is 7.48. The number of aryl methyl sites for hydroxylation is 2. The molecule has 1 aromatic heterocycles. The number of rotatable bonds is 4. The molecule has 0 aliphatic heterocycles. The Balaban J connectivity index is 1.79. The lowest BCUT2D eigenvalue weighted by molar-refractivity contribution is -0.384. The van der Waals surface area contributed by atoms with Crippen LogP contribution in [0, 0.1) is 17.0 Å². The van der Waals surface area contributed by atoms with E-state index in [1.165, 1.54) is 12.1 Å². The fourth-order valence-corrected chi connectivity index (χ4v) is 2.51. The molecule has 1 amide bonds. The number of nitro benzene ring substituents is 1. The zero-order valence-electron chi connectivity index (χ0n) is 13.6. The summed E-state index contributed by atoms with van der Waals surface area (Å²) in [5.41, 5.74) is 2.94. The molecule has 2 aromatic carbocycles. The monoisotopic (exact) mass is 337 g/mol. The third kappa shape index (κ3) is 3.37. The van der Waals surface area contributed by atoms with Crippen LogP contribution in [0.15, 0.2) is 42.5 Å². The number of aromatic nitrogens is 3. The van der Waals surface area contributed by atoms with Crippen LogP contribution in [0.4, 0.5) is 11.4 Å². The van der Waals surface area contributed by atoms with Crippen LogP contribution in [0.3, 0.4) is 0 Å². The average Bonchev–Trinajstić information content (AvgIpc) is 2.93. The topological polar surface area (TPSA) is 103 Å². The summed E-state index contributed by atoms with van der Waals surface area (Å²) in [4.78, 5) is 22.7. The number of para-hydroxylation sites is 1. The second-order valence-electron chi connectivity index (χ2n) is 5.51. The number of amides is 1. The van der Waals surface area contributed by atoms with Gasteiger partial charge in [0.2, 0.25) is 5.91 Å². The number of carbonyl (C=O) groups is 1. The number of nitrogens with one attached hydrogen (secondary N) is 1. The molecular weight excluding hydrogens is 322 g/mol. The molecule has 3 rings (SSSR count). The Hall–Kier alpha value is -3.55. The van der Waals surface area contributed by atoms with E-state index in [1.54, 1.807) is 42.9 Å². The lowest BCUT2D eigenvalue weighted by atomic mass is 10.1. The lowest BCUT2D eigenvalue weighted by Crippen LogP contribution is -2.10. The van der Waals surface area contributed by atoms with Crippen LogP contribution < -0.4 is 5.32 Å². The first-order chi connectivity index (χ1) is 12.0. The lowest BCUT2D eigenvalue weighted by Gasteiger charge is -2.05. The molecule has 0 aliphatic rings. The van der Waals surface area contributed by atoms with E-state index >= 15 is 0 Å². The highest BCUT2D eigenvalue weighted by Crippen LogP contribution is 2.27. The maximum atomic E-state index is 12.1. The molecular formula is C17H15N5O3. The van der Waals surface area contributed by atoms with Gasteiger partial charge in [-0.1, -0.05) is 23.4 Å². The number of hydrogen-bond acceptors (Lipinski definition) is 5. The number of hydrogen-bond donors (Lipinski definition) is 1. The van der Waals surface area contributed by atoms with Crippen LogP contribution in [-0.4, -0.2) is 25.8 Å². The van der Waals surface area contributed by atoms with Gasteiger partial charge in [0, 0.05) is 18.7 Å². The van der Waals surface area contributed by atoms with Crippen LogP contribution in [0.25, 0.3) is 17.1 Å². The zero-order valence-corrected chi connectivity index (χ0v) is 13.6. The van der Waals surface area contributed by atoms with Crippen molar-refractivity contribution in [2.45, 2.75) is 6.92 Å². The molecule has 0 fully saturated rings. The fraction of sp³-hybridized carbons (Fsp3) is 0.118. The predicted octanol–water partition coefficient (Wildman–Crippen LogP) is 2.84. The molecule has 0 atom stereocenters. The molecule has 0 spiro atoms. The van der Waals surface area contributed by atoms with Gasteiger partial charge in [-0.15, -0.1) is 5.10 Å². The second kappa shape index (κ2) is 6.52. The minimum absolute atomic E-state index is 0.106.